The van der Waals surface area contributed by atoms with Crippen molar-refractivity contribution in [3.05, 3.63) is 121 Å². The highest BCUT2D eigenvalue weighted by Crippen LogP contribution is 2.45. The molecule has 9 rings (SSSR count). The Morgan fingerprint density at radius 2 is 0.750 bits per heavy atom. The third kappa shape index (κ3) is 3.61. The Morgan fingerprint density at radius 1 is 0.425 bits per heavy atom. The Morgan fingerprint density at radius 3 is 1.15 bits per heavy atom. The second-order valence-corrected chi connectivity index (χ2v) is 14.0. The van der Waals surface area contributed by atoms with Gasteiger partial charge < -0.3 is 0 Å². The van der Waals surface area contributed by atoms with E-state index in [-0.39, 0.29) is 0 Å². The number of thiophene rings is 1. The lowest BCUT2D eigenvalue weighted by molar-refractivity contribution is 1.76. The highest BCUT2D eigenvalue weighted by atomic mass is 32.6. The molecule has 0 aliphatic heterocycles. The molecule has 1 atom stereocenters. The molecule has 0 nitrogen and oxygen atoms in total. The van der Waals surface area contributed by atoms with Crippen LogP contribution in [0.5, 0.6) is 0 Å². The van der Waals surface area contributed by atoms with Crippen LogP contribution in [0.3, 0.4) is 0 Å². The molecule has 0 amide bonds. The maximum absolute atomic E-state index is 4.33. The minimum atomic E-state index is 0.917. The smallest absolute Gasteiger partial charge is 0.0355 e. The van der Waals surface area contributed by atoms with Crippen molar-refractivity contribution in [2.45, 2.75) is 0 Å². The van der Waals surface area contributed by atoms with Crippen molar-refractivity contribution in [3.8, 4) is 20.9 Å². The van der Waals surface area contributed by atoms with Gasteiger partial charge in [0.2, 0.25) is 0 Å². The summed E-state index contributed by atoms with van der Waals surface area (Å²) < 4.78 is 0. The molecule has 1 unspecified atom stereocenters. The lowest BCUT2D eigenvalue weighted by Crippen LogP contribution is -1.86. The molecule has 40 heavy (non-hydrogen) atoms. The number of rotatable bonds is 2. The number of hydrogen-bond donors (Lipinski definition) is 0. The van der Waals surface area contributed by atoms with E-state index in [0.717, 1.165) is 7.04 Å². The summed E-state index contributed by atoms with van der Waals surface area (Å²) in [6.07, 6.45) is 0. The predicted molar refractivity (Wildman–Crippen MR) is 187 cm³/mol. The first-order chi connectivity index (χ1) is 19.7. The van der Waals surface area contributed by atoms with Crippen molar-refractivity contribution in [1.82, 2.24) is 0 Å². The van der Waals surface area contributed by atoms with Gasteiger partial charge in [-0.2, -0.15) is 0 Å². The lowest BCUT2D eigenvalue weighted by Gasteiger charge is -2.14. The molecule has 9 aromatic rings. The maximum Gasteiger partial charge on any atom is 0.0355 e. The maximum atomic E-state index is 4.33. The van der Waals surface area contributed by atoms with Gasteiger partial charge in [0.05, 0.1) is 0 Å². The quantitative estimate of drug-likeness (QED) is 0.145. The highest BCUT2D eigenvalue weighted by molar-refractivity contribution is 8.24. The van der Waals surface area contributed by atoms with Crippen LogP contribution >= 0.6 is 27.3 Å². The van der Waals surface area contributed by atoms with Crippen LogP contribution < -0.4 is 0 Å². The molecule has 0 bridgehead atoms. The summed E-state index contributed by atoms with van der Waals surface area (Å²) in [6.45, 7) is 0. The molecule has 0 saturated carbocycles. The van der Waals surface area contributed by atoms with Crippen molar-refractivity contribution in [2.75, 3.05) is 0 Å². The molecule has 0 spiro atoms. The molecule has 0 fully saturated rings. The van der Waals surface area contributed by atoms with Crippen LogP contribution in [-0.4, -0.2) is 0 Å². The topological polar surface area (TPSA) is 0 Å². The Kier molecular flexibility index (Phi) is 5.80. The molecule has 1 aromatic heterocycles. The van der Waals surface area contributed by atoms with Crippen LogP contribution in [0.25, 0.3) is 85.5 Å². The minimum absolute atomic E-state index is 0.917. The van der Waals surface area contributed by atoms with E-state index in [1.54, 1.807) is 0 Å². The van der Waals surface area contributed by atoms with Crippen LogP contribution in [0.4, 0.5) is 0 Å². The summed E-state index contributed by atoms with van der Waals surface area (Å²) in [7, 11) is 3.28. The van der Waals surface area contributed by atoms with Crippen molar-refractivity contribution in [2.24, 2.45) is 0 Å². The molecule has 188 valence electrons. The zero-order chi connectivity index (χ0) is 26.8. The van der Waals surface area contributed by atoms with E-state index in [9.17, 15) is 0 Å². The fourth-order valence-electron chi connectivity index (χ4n) is 6.53. The third-order valence-corrected chi connectivity index (χ3v) is 9.35. The molecular formula is C36H22P2S2. The standard InChI is InChI=1S/C36H20S.H2P2S/c1-3-21-7-9-25-11-15-27(29-17-13-23(5-1)33(21)35(25)29)31-19-20-32(37-31)28-16-12-26-10-8-22-4-2-6-24-14-18-30(28)36(26)34(22)24;1-2-3/h1-20H;1H2. The molecule has 0 aliphatic rings. The van der Waals surface area contributed by atoms with Gasteiger partial charge in [0.15, 0.2) is 0 Å². The first-order valence-electron chi connectivity index (χ1n) is 13.2. The van der Waals surface area contributed by atoms with Crippen LogP contribution in [0.1, 0.15) is 0 Å². The molecule has 8 aromatic carbocycles. The minimum Gasteiger partial charge on any atom is -0.135 e. The van der Waals surface area contributed by atoms with E-state index in [1.165, 1.54) is 85.5 Å². The SMILES string of the molecule is PP=S.c1cc2ccc3ccc(-c4ccc(-c5ccc6ccc7cccc8ccc5c6c78)s4)c4ccc(c1)c2c34. The second kappa shape index (κ2) is 9.55. The van der Waals surface area contributed by atoms with E-state index in [0.29, 0.717) is 0 Å². The highest BCUT2D eigenvalue weighted by Gasteiger charge is 2.16. The Labute approximate surface area is 244 Å². The van der Waals surface area contributed by atoms with Crippen LogP contribution in [-0.2, 0) is 11.8 Å². The second-order valence-electron chi connectivity index (χ2n) is 10.2. The Balaban J connectivity index is 0.000000786. The van der Waals surface area contributed by atoms with Crippen molar-refractivity contribution >= 4 is 104 Å². The number of benzene rings is 8. The van der Waals surface area contributed by atoms with E-state index in [2.05, 4.69) is 142 Å². The summed E-state index contributed by atoms with van der Waals surface area (Å²) in [5.41, 5.74) is 2.64. The van der Waals surface area contributed by atoms with Gasteiger partial charge in [-0.15, -0.1) is 11.3 Å². The van der Waals surface area contributed by atoms with E-state index < -0.39 is 0 Å². The van der Waals surface area contributed by atoms with Crippen LogP contribution in [0.15, 0.2) is 121 Å². The molecule has 4 heteroatoms. The van der Waals surface area contributed by atoms with Gasteiger partial charge >= 0.3 is 0 Å². The molecular weight excluding hydrogens is 558 g/mol. The van der Waals surface area contributed by atoms with Gasteiger partial charge in [0, 0.05) is 9.75 Å². The van der Waals surface area contributed by atoms with Gasteiger partial charge in [-0.25, -0.2) is 0 Å². The molecule has 0 aliphatic carbocycles. The van der Waals surface area contributed by atoms with Gasteiger partial charge in [0.1, 0.15) is 0 Å². The number of hydrogen-bond acceptors (Lipinski definition) is 2. The Hall–Kier alpha value is -3.51. The summed E-state index contributed by atoms with van der Waals surface area (Å²) in [5, 5.41) is 16.1. The zero-order valence-electron chi connectivity index (χ0n) is 21.4. The fourth-order valence-corrected chi connectivity index (χ4v) is 7.61. The monoisotopic (exact) mass is 580 g/mol. The van der Waals surface area contributed by atoms with Gasteiger partial charge in [-0.3, -0.25) is 0 Å². The average molecular weight is 581 g/mol. The Bertz CT molecular complexity index is 2170. The summed E-state index contributed by atoms with van der Waals surface area (Å²) >= 11 is 6.23. The first kappa shape index (κ1) is 24.3. The largest absolute Gasteiger partial charge is 0.135 e. The fraction of sp³-hybridized carbons (Fsp3) is 0. The zero-order valence-corrected chi connectivity index (χ0v) is 25.1. The normalized spacial score (nSPS) is 11.9. The van der Waals surface area contributed by atoms with E-state index in [4.69, 9.17) is 0 Å². The first-order valence-corrected chi connectivity index (χ1v) is 17.6. The predicted octanol–water partition coefficient (Wildman–Crippen LogP) is 12.1. The van der Waals surface area contributed by atoms with Gasteiger partial charge in [0.25, 0.3) is 0 Å². The summed E-state index contributed by atoms with van der Waals surface area (Å²) in [4.78, 5) is 2.64. The average Bonchev–Trinajstić information content (AvgIpc) is 3.49. The molecule has 0 radical (unpaired) electrons. The molecule has 0 saturated heterocycles. The lowest BCUT2D eigenvalue weighted by atomic mass is 9.91. The van der Waals surface area contributed by atoms with Crippen molar-refractivity contribution < 1.29 is 0 Å². The van der Waals surface area contributed by atoms with E-state index >= 15 is 0 Å². The molecule has 0 N–H and O–H groups in total. The summed E-state index contributed by atoms with van der Waals surface area (Å²) in [6, 6.07) is 45.3. The third-order valence-electron chi connectivity index (χ3n) is 8.19. The van der Waals surface area contributed by atoms with Gasteiger partial charge in [-0.1, -0.05) is 130 Å². The van der Waals surface area contributed by atoms with Crippen molar-refractivity contribution in [1.29, 1.82) is 0 Å². The van der Waals surface area contributed by atoms with Crippen LogP contribution in [0.2, 0.25) is 0 Å². The molecule has 1 heterocycles. The van der Waals surface area contributed by atoms with Crippen molar-refractivity contribution in [3.63, 3.8) is 0 Å². The van der Waals surface area contributed by atoms with E-state index in [1.807, 2.05) is 11.3 Å². The van der Waals surface area contributed by atoms with Gasteiger partial charge in [-0.05, 0) is 94.9 Å². The van der Waals surface area contributed by atoms with Crippen LogP contribution in [0, 0.1) is 0 Å². The summed E-state index contributed by atoms with van der Waals surface area (Å²) in [5.74, 6) is 0.